The Labute approximate surface area is 159 Å². The molecule has 4 nitrogen and oxygen atoms in total. The van der Waals surface area contributed by atoms with Crippen molar-refractivity contribution in [1.82, 2.24) is 0 Å². The molecule has 0 saturated heterocycles. The normalized spacial score (nSPS) is 10.9. The van der Waals surface area contributed by atoms with E-state index in [0.717, 1.165) is 0 Å². The predicted octanol–water partition coefficient (Wildman–Crippen LogP) is 5.73. The van der Waals surface area contributed by atoms with Gasteiger partial charge in [-0.15, -0.1) is 0 Å². The average molecular weight is 388 g/mol. The quantitative estimate of drug-likeness (QED) is 0.316. The molecule has 0 rings (SSSR count). The molecule has 0 aliphatic rings. The molecule has 0 aromatic rings. The fourth-order valence-corrected chi connectivity index (χ4v) is 4.07. The third-order valence-corrected chi connectivity index (χ3v) is 6.26. The van der Waals surface area contributed by atoms with E-state index >= 15 is 0 Å². The molecule has 0 saturated carbocycles. The second-order valence-electron chi connectivity index (χ2n) is 6.87. The summed E-state index contributed by atoms with van der Waals surface area (Å²) in [7, 11) is 0. The first-order chi connectivity index (χ1) is 11.7. The molecule has 0 atom stereocenters. The summed E-state index contributed by atoms with van der Waals surface area (Å²) in [6, 6.07) is 0. The molecule has 0 heterocycles. The van der Waals surface area contributed by atoms with Gasteiger partial charge < -0.3 is 0 Å². The van der Waals surface area contributed by atoms with Gasteiger partial charge >= 0.3 is 160 Å². The van der Waals surface area contributed by atoms with Crippen molar-refractivity contribution >= 4 is 0 Å². The van der Waals surface area contributed by atoms with Gasteiger partial charge in [-0.3, -0.25) is 0 Å². The summed E-state index contributed by atoms with van der Waals surface area (Å²) >= 11 is -3.84. The molecule has 144 valence electrons. The summed E-state index contributed by atoms with van der Waals surface area (Å²) in [4.78, 5) is 0. The first-order valence-electron chi connectivity index (χ1n) is 8.76. The van der Waals surface area contributed by atoms with Crippen LogP contribution in [-0.4, -0.2) is 26.4 Å². The van der Waals surface area contributed by atoms with Gasteiger partial charge in [0.2, 0.25) is 0 Å². The zero-order valence-corrected chi connectivity index (χ0v) is 18.8. The molecule has 0 N–H and O–H groups in total. The van der Waals surface area contributed by atoms with Crippen LogP contribution < -0.4 is 0 Å². The van der Waals surface area contributed by atoms with Crippen molar-refractivity contribution in [2.75, 3.05) is 26.4 Å². The van der Waals surface area contributed by atoms with Crippen molar-refractivity contribution in [2.45, 2.75) is 55.4 Å². The van der Waals surface area contributed by atoms with Crippen LogP contribution in [0.4, 0.5) is 0 Å². The molecule has 0 aromatic carbocycles. The molecule has 0 spiro atoms. The molecule has 25 heavy (non-hydrogen) atoms. The van der Waals surface area contributed by atoms with Crippen LogP contribution in [0.2, 0.25) is 0 Å². The topological polar surface area (TPSA) is 36.9 Å². The van der Waals surface area contributed by atoms with Gasteiger partial charge in [-0.05, 0) is 0 Å². The van der Waals surface area contributed by atoms with E-state index < -0.39 is 18.1 Å². The molecule has 0 unspecified atom stereocenters. The maximum atomic E-state index is 6.04. The van der Waals surface area contributed by atoms with Crippen molar-refractivity contribution in [3.05, 3.63) is 46.6 Å². The summed E-state index contributed by atoms with van der Waals surface area (Å²) < 4.78 is 24.2. The van der Waals surface area contributed by atoms with E-state index in [2.05, 4.69) is 0 Å². The molecule has 0 bridgehead atoms. The molecular weight excluding hydrogens is 352 g/mol. The first-order valence-corrected chi connectivity index (χ1v) is 11.3. The van der Waals surface area contributed by atoms with Crippen LogP contribution in [-0.2, 0) is 31.4 Å². The first kappa shape index (κ1) is 24.5. The minimum atomic E-state index is -3.84. The second kappa shape index (κ2) is 13.7. The fourth-order valence-electron chi connectivity index (χ4n) is 1.49. The van der Waals surface area contributed by atoms with Crippen LogP contribution in [0.25, 0.3) is 0 Å². The molecule has 5 heteroatoms. The average Bonchev–Trinajstić information content (AvgIpc) is 2.45. The summed E-state index contributed by atoms with van der Waals surface area (Å²) in [6.45, 7) is 18.0. The van der Waals surface area contributed by atoms with Gasteiger partial charge in [-0.2, -0.15) is 0 Å². The van der Waals surface area contributed by atoms with E-state index in [1.54, 1.807) is 0 Å². The van der Waals surface area contributed by atoms with Crippen molar-refractivity contribution in [3.63, 3.8) is 0 Å². The Morgan fingerprint density at radius 1 is 0.480 bits per heavy atom. The number of rotatable bonds is 12. The van der Waals surface area contributed by atoms with E-state index in [1.807, 2.05) is 79.7 Å². The monoisotopic (exact) mass is 388 g/mol. The maximum absolute atomic E-state index is 6.04. The van der Waals surface area contributed by atoms with Crippen LogP contribution >= 0.6 is 0 Å². The van der Waals surface area contributed by atoms with Crippen molar-refractivity contribution < 1.29 is 31.4 Å². The molecule has 0 aromatic heterocycles. The van der Waals surface area contributed by atoms with Gasteiger partial charge in [0, 0.05) is 0 Å². The second-order valence-corrected chi connectivity index (χ2v) is 10.2. The Bertz CT molecular complexity index is 394. The zero-order valence-electron chi connectivity index (χ0n) is 17.3. The fraction of sp³-hybridized carbons (Fsp3) is 0.600. The van der Waals surface area contributed by atoms with Gasteiger partial charge in [0.25, 0.3) is 0 Å². The molecule has 0 aliphatic heterocycles. The number of allylic oxidation sites excluding steroid dienone is 4. The standard InChI is InChI=1S/4C5H9O.Ti/c4*1-5(2)3-4-6;/h4*3H,4H2,1-2H3;/q4*-1;+4. The van der Waals surface area contributed by atoms with E-state index in [1.165, 1.54) is 22.3 Å². The van der Waals surface area contributed by atoms with E-state index in [4.69, 9.17) is 13.3 Å². The summed E-state index contributed by atoms with van der Waals surface area (Å²) in [5.41, 5.74) is 4.76. The van der Waals surface area contributed by atoms with Crippen LogP contribution in [0.3, 0.4) is 0 Å². The van der Waals surface area contributed by atoms with Crippen molar-refractivity contribution in [2.24, 2.45) is 0 Å². The SMILES string of the molecule is CC(C)=CC[O][Ti]([O]CC=C(C)C)([O]CC=C(C)C)[O]CC=C(C)C. The van der Waals surface area contributed by atoms with Gasteiger partial charge in [0.1, 0.15) is 0 Å². The summed E-state index contributed by atoms with van der Waals surface area (Å²) in [5.74, 6) is 0. The Morgan fingerprint density at radius 2 is 0.680 bits per heavy atom. The van der Waals surface area contributed by atoms with Crippen molar-refractivity contribution in [3.8, 4) is 0 Å². The minimum absolute atomic E-state index is 0.431. The van der Waals surface area contributed by atoms with Gasteiger partial charge in [-0.1, -0.05) is 0 Å². The Hall–Kier alpha value is -0.486. The third kappa shape index (κ3) is 14.4. The van der Waals surface area contributed by atoms with Gasteiger partial charge in [-0.25, -0.2) is 0 Å². The molecule has 0 aliphatic carbocycles. The summed E-state index contributed by atoms with van der Waals surface area (Å²) in [5, 5.41) is 0. The molecule has 0 fully saturated rings. The number of hydrogen-bond donors (Lipinski definition) is 0. The molecule has 0 amide bonds. The Balaban J connectivity index is 5.24. The van der Waals surface area contributed by atoms with E-state index in [-0.39, 0.29) is 0 Å². The molecular formula is C20H36O4Ti. The Kier molecular flexibility index (Phi) is 13.4. The van der Waals surface area contributed by atoms with Crippen LogP contribution in [0.1, 0.15) is 55.4 Å². The Morgan fingerprint density at radius 3 is 0.840 bits per heavy atom. The van der Waals surface area contributed by atoms with Gasteiger partial charge in [0.05, 0.1) is 0 Å². The van der Waals surface area contributed by atoms with Crippen LogP contribution in [0.5, 0.6) is 0 Å². The van der Waals surface area contributed by atoms with E-state index in [9.17, 15) is 0 Å². The zero-order chi connectivity index (χ0) is 19.3. The number of hydrogen-bond acceptors (Lipinski definition) is 4. The van der Waals surface area contributed by atoms with E-state index in [0.29, 0.717) is 26.4 Å². The van der Waals surface area contributed by atoms with Crippen molar-refractivity contribution in [1.29, 1.82) is 0 Å². The predicted molar refractivity (Wildman–Crippen MR) is 102 cm³/mol. The van der Waals surface area contributed by atoms with Gasteiger partial charge in [0.15, 0.2) is 0 Å². The van der Waals surface area contributed by atoms with Crippen LogP contribution in [0, 0.1) is 0 Å². The third-order valence-electron chi connectivity index (χ3n) is 3.01. The summed E-state index contributed by atoms with van der Waals surface area (Å²) in [6.07, 6.45) is 8.05. The van der Waals surface area contributed by atoms with Crippen LogP contribution in [0.15, 0.2) is 46.6 Å². The molecule has 0 radical (unpaired) electrons.